The second-order valence-electron chi connectivity index (χ2n) is 5.38. The molecule has 2 aliphatic heterocycles. The van der Waals surface area contributed by atoms with Crippen molar-refractivity contribution in [2.24, 2.45) is 0 Å². The second kappa shape index (κ2) is 5.37. The standard InChI is InChI=1S/C15H20FNO2/c1-10(16)11-6-12(7-13-4-2-3-5-17-13)15-14(8-11)18-9-19-15/h6,8,10,13,17H,2-5,7,9H2,1H3. The first-order chi connectivity index (χ1) is 9.24. The van der Waals surface area contributed by atoms with E-state index in [1.165, 1.54) is 19.3 Å². The van der Waals surface area contributed by atoms with Gasteiger partial charge in [-0.2, -0.15) is 0 Å². The molecule has 0 aliphatic carbocycles. The molecule has 1 aromatic carbocycles. The van der Waals surface area contributed by atoms with Crippen LogP contribution >= 0.6 is 0 Å². The van der Waals surface area contributed by atoms with Crippen LogP contribution in [0.1, 0.15) is 43.5 Å². The maximum atomic E-state index is 13.5. The highest BCUT2D eigenvalue weighted by molar-refractivity contribution is 5.51. The molecule has 1 fully saturated rings. The minimum Gasteiger partial charge on any atom is -0.454 e. The number of hydrogen-bond acceptors (Lipinski definition) is 3. The molecule has 0 radical (unpaired) electrons. The molecule has 19 heavy (non-hydrogen) atoms. The van der Waals surface area contributed by atoms with Crippen molar-refractivity contribution < 1.29 is 13.9 Å². The van der Waals surface area contributed by atoms with Gasteiger partial charge in [-0.05, 0) is 50.4 Å². The fraction of sp³-hybridized carbons (Fsp3) is 0.600. The average molecular weight is 265 g/mol. The van der Waals surface area contributed by atoms with Crippen LogP contribution in [-0.4, -0.2) is 19.4 Å². The molecule has 2 aliphatic rings. The van der Waals surface area contributed by atoms with Crippen molar-refractivity contribution in [1.82, 2.24) is 5.32 Å². The van der Waals surface area contributed by atoms with Crippen LogP contribution in [0.5, 0.6) is 11.5 Å². The highest BCUT2D eigenvalue weighted by atomic mass is 19.1. The van der Waals surface area contributed by atoms with E-state index in [0.717, 1.165) is 24.3 Å². The van der Waals surface area contributed by atoms with Crippen molar-refractivity contribution in [2.45, 2.75) is 44.8 Å². The van der Waals surface area contributed by atoms with Crippen LogP contribution in [0, 0.1) is 0 Å². The topological polar surface area (TPSA) is 30.5 Å². The summed E-state index contributed by atoms with van der Waals surface area (Å²) >= 11 is 0. The Hall–Kier alpha value is -1.29. The molecule has 0 spiro atoms. The van der Waals surface area contributed by atoms with Crippen LogP contribution in [0.2, 0.25) is 0 Å². The van der Waals surface area contributed by atoms with Gasteiger partial charge in [-0.15, -0.1) is 0 Å². The molecule has 2 atom stereocenters. The summed E-state index contributed by atoms with van der Waals surface area (Å²) < 4.78 is 24.5. The lowest BCUT2D eigenvalue weighted by Gasteiger charge is -2.24. The van der Waals surface area contributed by atoms with Crippen LogP contribution in [0.15, 0.2) is 12.1 Å². The normalized spacial score (nSPS) is 23.4. The number of fused-ring (bicyclic) bond motifs is 1. The summed E-state index contributed by atoms with van der Waals surface area (Å²) in [6.07, 6.45) is 3.58. The number of nitrogens with one attached hydrogen (secondary N) is 1. The van der Waals surface area contributed by atoms with Crippen molar-refractivity contribution in [2.75, 3.05) is 13.3 Å². The third-order valence-electron chi connectivity index (χ3n) is 3.91. The number of benzene rings is 1. The Morgan fingerprint density at radius 1 is 1.37 bits per heavy atom. The number of ether oxygens (including phenoxy) is 2. The van der Waals surface area contributed by atoms with E-state index < -0.39 is 6.17 Å². The number of rotatable bonds is 3. The summed E-state index contributed by atoms with van der Waals surface area (Å²) in [5.41, 5.74) is 1.74. The molecule has 3 rings (SSSR count). The van der Waals surface area contributed by atoms with E-state index in [2.05, 4.69) is 5.32 Å². The zero-order valence-corrected chi connectivity index (χ0v) is 11.2. The predicted octanol–water partition coefficient (Wildman–Crippen LogP) is 3.13. The van der Waals surface area contributed by atoms with E-state index >= 15 is 0 Å². The number of piperidine rings is 1. The monoisotopic (exact) mass is 265 g/mol. The summed E-state index contributed by atoms with van der Waals surface area (Å²) in [6, 6.07) is 4.14. The molecule has 0 amide bonds. The highest BCUT2D eigenvalue weighted by Gasteiger charge is 2.23. The van der Waals surface area contributed by atoms with Crippen molar-refractivity contribution in [1.29, 1.82) is 0 Å². The van der Waals surface area contributed by atoms with Gasteiger partial charge in [0.1, 0.15) is 6.17 Å². The number of hydrogen-bond donors (Lipinski definition) is 1. The summed E-state index contributed by atoms with van der Waals surface area (Å²) in [5.74, 6) is 1.49. The molecule has 1 N–H and O–H groups in total. The molecular formula is C15H20FNO2. The zero-order chi connectivity index (χ0) is 13.2. The molecule has 2 heterocycles. The van der Waals surface area contributed by atoms with Crippen molar-refractivity contribution in [3.63, 3.8) is 0 Å². The largest absolute Gasteiger partial charge is 0.454 e. The molecule has 3 nitrogen and oxygen atoms in total. The maximum Gasteiger partial charge on any atom is 0.231 e. The van der Waals surface area contributed by atoms with E-state index in [1.807, 2.05) is 6.07 Å². The zero-order valence-electron chi connectivity index (χ0n) is 11.2. The van der Waals surface area contributed by atoms with Crippen LogP contribution in [0.4, 0.5) is 4.39 Å². The lowest BCUT2D eigenvalue weighted by molar-refractivity contribution is 0.173. The van der Waals surface area contributed by atoms with E-state index in [0.29, 0.717) is 17.4 Å². The molecule has 0 saturated carbocycles. The van der Waals surface area contributed by atoms with Gasteiger partial charge in [0.15, 0.2) is 11.5 Å². The fourth-order valence-corrected chi connectivity index (χ4v) is 2.85. The van der Waals surface area contributed by atoms with E-state index in [9.17, 15) is 4.39 Å². The Morgan fingerprint density at radius 2 is 2.26 bits per heavy atom. The molecule has 1 saturated heterocycles. The Bertz CT molecular complexity index is 456. The van der Waals surface area contributed by atoms with Crippen LogP contribution in [0.3, 0.4) is 0 Å². The molecule has 4 heteroatoms. The van der Waals surface area contributed by atoms with Crippen molar-refractivity contribution >= 4 is 0 Å². The Balaban J connectivity index is 1.86. The van der Waals surface area contributed by atoms with E-state index in [1.54, 1.807) is 13.0 Å². The van der Waals surface area contributed by atoms with Gasteiger partial charge in [-0.25, -0.2) is 4.39 Å². The SMILES string of the molecule is CC(F)c1cc(CC2CCCCN2)c2c(c1)OCO2. The Kier molecular flexibility index (Phi) is 3.60. The van der Waals surface area contributed by atoms with E-state index in [-0.39, 0.29) is 6.79 Å². The second-order valence-corrected chi connectivity index (χ2v) is 5.38. The molecule has 1 aromatic rings. The van der Waals surface area contributed by atoms with Gasteiger partial charge >= 0.3 is 0 Å². The summed E-state index contributed by atoms with van der Waals surface area (Å²) in [6.45, 7) is 2.87. The highest BCUT2D eigenvalue weighted by Crippen LogP contribution is 2.39. The molecule has 0 bridgehead atoms. The lowest BCUT2D eigenvalue weighted by Crippen LogP contribution is -2.35. The quantitative estimate of drug-likeness (QED) is 0.910. The predicted molar refractivity (Wildman–Crippen MR) is 71.4 cm³/mol. The molecule has 2 unspecified atom stereocenters. The average Bonchev–Trinajstić information content (AvgIpc) is 2.88. The summed E-state index contributed by atoms with van der Waals surface area (Å²) in [7, 11) is 0. The third kappa shape index (κ3) is 2.68. The van der Waals surface area contributed by atoms with Gasteiger partial charge in [0.25, 0.3) is 0 Å². The first-order valence-corrected chi connectivity index (χ1v) is 7.04. The third-order valence-corrected chi connectivity index (χ3v) is 3.91. The van der Waals surface area contributed by atoms with Crippen LogP contribution < -0.4 is 14.8 Å². The van der Waals surface area contributed by atoms with Crippen LogP contribution in [0.25, 0.3) is 0 Å². The first kappa shape index (κ1) is 12.7. The minimum absolute atomic E-state index is 0.241. The molecule has 104 valence electrons. The van der Waals surface area contributed by atoms with E-state index in [4.69, 9.17) is 9.47 Å². The molecule has 0 aromatic heterocycles. The van der Waals surface area contributed by atoms with Crippen molar-refractivity contribution in [3.05, 3.63) is 23.3 Å². The summed E-state index contributed by atoms with van der Waals surface area (Å²) in [5, 5.41) is 3.52. The van der Waals surface area contributed by atoms with Gasteiger partial charge in [-0.1, -0.05) is 6.42 Å². The minimum atomic E-state index is -0.979. The summed E-state index contributed by atoms with van der Waals surface area (Å²) in [4.78, 5) is 0. The van der Waals surface area contributed by atoms with Gasteiger partial charge < -0.3 is 14.8 Å². The first-order valence-electron chi connectivity index (χ1n) is 7.04. The smallest absolute Gasteiger partial charge is 0.231 e. The van der Waals surface area contributed by atoms with Gasteiger partial charge in [0.2, 0.25) is 6.79 Å². The fourth-order valence-electron chi connectivity index (χ4n) is 2.85. The lowest BCUT2D eigenvalue weighted by atomic mass is 9.95. The maximum absolute atomic E-state index is 13.5. The Morgan fingerprint density at radius 3 is 3.00 bits per heavy atom. The van der Waals surface area contributed by atoms with Crippen molar-refractivity contribution in [3.8, 4) is 11.5 Å². The molecular weight excluding hydrogens is 245 g/mol. The number of halogens is 1. The number of alkyl halides is 1. The van der Waals surface area contributed by atoms with Crippen LogP contribution in [-0.2, 0) is 6.42 Å². The Labute approximate surface area is 113 Å². The van der Waals surface area contributed by atoms with Gasteiger partial charge in [-0.3, -0.25) is 0 Å². The van der Waals surface area contributed by atoms with Gasteiger partial charge in [0, 0.05) is 11.6 Å². The van der Waals surface area contributed by atoms with Gasteiger partial charge in [0.05, 0.1) is 0 Å².